The lowest BCUT2D eigenvalue weighted by molar-refractivity contribution is -0.885. The second-order valence-corrected chi connectivity index (χ2v) is 8.35. The van der Waals surface area contributed by atoms with Crippen LogP contribution >= 0.6 is 11.3 Å². The lowest BCUT2D eigenvalue weighted by atomic mass is 9.97. The average molecular weight is 401 g/mol. The minimum absolute atomic E-state index is 0.0806. The molecule has 0 aliphatic heterocycles. The van der Waals surface area contributed by atoms with E-state index in [-0.39, 0.29) is 23.8 Å². The molecule has 1 aliphatic carbocycles. The van der Waals surface area contributed by atoms with E-state index < -0.39 is 0 Å². The first-order valence-electron chi connectivity index (χ1n) is 9.40. The highest BCUT2D eigenvalue weighted by Gasteiger charge is 2.20. The molecule has 2 heterocycles. The van der Waals surface area contributed by atoms with Crippen molar-refractivity contribution in [3.63, 3.8) is 0 Å². The molecule has 8 heteroatoms. The molecule has 0 fully saturated rings. The largest absolute Gasteiger partial charge is 0.323 e. The molecule has 0 bridgehead atoms. The van der Waals surface area contributed by atoms with Gasteiger partial charge in [0.15, 0.2) is 12.4 Å². The molecule has 0 spiro atoms. The Hall–Kier alpha value is -2.58. The van der Waals surface area contributed by atoms with Crippen LogP contribution in [-0.4, -0.2) is 29.5 Å². The van der Waals surface area contributed by atoms with Gasteiger partial charge in [0.2, 0.25) is 0 Å². The number of carbonyl (C=O) groups is 1. The molecule has 3 aromatic rings. The molecule has 1 atom stereocenters. The van der Waals surface area contributed by atoms with E-state index in [1.165, 1.54) is 41.1 Å². The fourth-order valence-electron chi connectivity index (χ4n) is 3.65. The number of H-pyrrole nitrogens is 1. The summed E-state index contributed by atoms with van der Waals surface area (Å²) in [6.07, 6.45) is 4.27. The predicted molar refractivity (Wildman–Crippen MR) is 107 cm³/mol. The number of halogens is 1. The van der Waals surface area contributed by atoms with Gasteiger partial charge in [-0.15, -0.1) is 11.3 Å². The first-order chi connectivity index (χ1) is 13.5. The molecule has 1 unspecified atom stereocenters. The highest BCUT2D eigenvalue weighted by molar-refractivity contribution is 7.18. The van der Waals surface area contributed by atoms with E-state index in [1.807, 2.05) is 7.05 Å². The van der Waals surface area contributed by atoms with Crippen LogP contribution in [-0.2, 0) is 24.2 Å². The predicted octanol–water partition coefficient (Wildman–Crippen LogP) is 1.66. The summed E-state index contributed by atoms with van der Waals surface area (Å²) in [5, 5.41) is 3.49. The number of quaternary nitrogens is 1. The maximum absolute atomic E-state index is 12.9. The van der Waals surface area contributed by atoms with Crippen LogP contribution in [0.15, 0.2) is 29.1 Å². The molecule has 146 valence electrons. The van der Waals surface area contributed by atoms with Crippen LogP contribution in [0.25, 0.3) is 10.2 Å². The Morgan fingerprint density at radius 1 is 1.29 bits per heavy atom. The number of benzene rings is 1. The molecule has 4 rings (SSSR count). The first-order valence-corrected chi connectivity index (χ1v) is 10.2. The third-order valence-electron chi connectivity index (χ3n) is 4.93. The highest BCUT2D eigenvalue weighted by Crippen LogP contribution is 2.33. The summed E-state index contributed by atoms with van der Waals surface area (Å²) < 4.78 is 12.9. The molecule has 1 aromatic carbocycles. The summed E-state index contributed by atoms with van der Waals surface area (Å²) in [5.74, 6) is 0.0590. The van der Waals surface area contributed by atoms with Crippen LogP contribution in [0.4, 0.5) is 10.1 Å². The van der Waals surface area contributed by atoms with Crippen molar-refractivity contribution < 1.29 is 14.1 Å². The van der Waals surface area contributed by atoms with Gasteiger partial charge in [0, 0.05) is 10.6 Å². The van der Waals surface area contributed by atoms with Crippen LogP contribution in [0.1, 0.15) is 29.1 Å². The topological polar surface area (TPSA) is 79.3 Å². The van der Waals surface area contributed by atoms with Crippen LogP contribution in [0.3, 0.4) is 0 Å². The SMILES string of the molecule is C[NH+](CC(=O)Nc1ccc(F)cc1)Cc1nc2sc3c(c2c(=O)[nH]1)CCCC3. The molecule has 28 heavy (non-hydrogen) atoms. The minimum atomic E-state index is -0.346. The summed E-state index contributed by atoms with van der Waals surface area (Å²) in [6.45, 7) is 0.644. The summed E-state index contributed by atoms with van der Waals surface area (Å²) in [5.41, 5.74) is 1.64. The molecule has 0 saturated carbocycles. The van der Waals surface area contributed by atoms with E-state index in [0.717, 1.165) is 34.4 Å². The number of likely N-dealkylation sites (N-methyl/N-ethyl adjacent to an activating group) is 1. The number of amides is 1. The number of anilines is 1. The molecule has 0 saturated heterocycles. The van der Waals surface area contributed by atoms with Crippen LogP contribution < -0.4 is 15.8 Å². The van der Waals surface area contributed by atoms with Crippen molar-refractivity contribution in [2.75, 3.05) is 18.9 Å². The zero-order valence-corrected chi connectivity index (χ0v) is 16.4. The van der Waals surface area contributed by atoms with Gasteiger partial charge >= 0.3 is 0 Å². The highest BCUT2D eigenvalue weighted by atomic mass is 32.1. The van der Waals surface area contributed by atoms with E-state index in [4.69, 9.17) is 0 Å². The quantitative estimate of drug-likeness (QED) is 0.608. The number of fused-ring (bicyclic) bond motifs is 3. The van der Waals surface area contributed by atoms with Crippen LogP contribution in [0.5, 0.6) is 0 Å². The van der Waals surface area contributed by atoms with Crippen molar-refractivity contribution in [1.82, 2.24) is 9.97 Å². The number of hydrogen-bond donors (Lipinski definition) is 3. The second kappa shape index (κ2) is 7.81. The molecule has 0 radical (unpaired) electrons. The standard InChI is InChI=1S/C20H21FN4O2S/c1-25(11-17(26)22-13-8-6-12(21)7-9-13)10-16-23-19(27)18-14-4-2-3-5-15(14)28-20(18)24-16/h6-9H,2-5,10-11H2,1H3,(H,22,26)(H,23,24,27)/p+1. The fourth-order valence-corrected chi connectivity index (χ4v) is 4.93. The zero-order chi connectivity index (χ0) is 19.7. The van der Waals surface area contributed by atoms with E-state index in [1.54, 1.807) is 11.3 Å². The van der Waals surface area contributed by atoms with E-state index in [2.05, 4.69) is 15.3 Å². The number of carbonyl (C=O) groups excluding carboxylic acids is 1. The molecule has 3 N–H and O–H groups in total. The van der Waals surface area contributed by atoms with Crippen LogP contribution in [0, 0.1) is 5.82 Å². The number of hydrogen-bond acceptors (Lipinski definition) is 4. The minimum Gasteiger partial charge on any atom is -0.323 e. The molecule has 1 aliphatic rings. The van der Waals surface area contributed by atoms with Crippen molar-refractivity contribution in [2.45, 2.75) is 32.2 Å². The van der Waals surface area contributed by atoms with Gasteiger partial charge in [-0.25, -0.2) is 9.37 Å². The second-order valence-electron chi connectivity index (χ2n) is 7.27. The number of aryl methyl sites for hydroxylation is 2. The first kappa shape index (κ1) is 18.8. The van der Waals surface area contributed by atoms with Crippen molar-refractivity contribution in [3.05, 3.63) is 56.7 Å². The maximum atomic E-state index is 12.9. The van der Waals surface area contributed by atoms with Gasteiger partial charge in [0.1, 0.15) is 17.2 Å². The molecular weight excluding hydrogens is 379 g/mol. The molecule has 6 nitrogen and oxygen atoms in total. The Morgan fingerprint density at radius 3 is 2.82 bits per heavy atom. The normalized spacial score (nSPS) is 14.6. The van der Waals surface area contributed by atoms with Crippen LogP contribution in [0.2, 0.25) is 0 Å². The summed E-state index contributed by atoms with van der Waals surface area (Å²) in [6, 6.07) is 5.65. The molecular formula is C20H22FN4O2S+. The van der Waals surface area contributed by atoms with Crippen molar-refractivity contribution in [1.29, 1.82) is 0 Å². The maximum Gasteiger partial charge on any atom is 0.279 e. The Labute approximate surface area is 165 Å². The average Bonchev–Trinajstić information content (AvgIpc) is 3.02. The Bertz CT molecular complexity index is 1070. The molecule has 1 amide bonds. The summed E-state index contributed by atoms with van der Waals surface area (Å²) >= 11 is 1.62. The van der Waals surface area contributed by atoms with E-state index >= 15 is 0 Å². The lowest BCUT2D eigenvalue weighted by Crippen LogP contribution is -3.08. The number of nitrogens with one attached hydrogen (secondary N) is 3. The Balaban J connectivity index is 1.44. The monoisotopic (exact) mass is 401 g/mol. The van der Waals surface area contributed by atoms with Gasteiger partial charge < -0.3 is 15.2 Å². The third-order valence-corrected chi connectivity index (χ3v) is 6.12. The number of aromatic nitrogens is 2. The van der Waals surface area contributed by atoms with E-state index in [9.17, 15) is 14.0 Å². The number of aromatic amines is 1. The lowest BCUT2D eigenvalue weighted by Gasteiger charge is -2.13. The van der Waals surface area contributed by atoms with Gasteiger partial charge in [0.25, 0.3) is 11.5 Å². The van der Waals surface area contributed by atoms with Gasteiger partial charge in [-0.3, -0.25) is 9.59 Å². The van der Waals surface area contributed by atoms with Gasteiger partial charge in [0.05, 0.1) is 12.4 Å². The number of thiophene rings is 1. The smallest absolute Gasteiger partial charge is 0.279 e. The van der Waals surface area contributed by atoms with Crippen molar-refractivity contribution in [2.24, 2.45) is 0 Å². The summed E-state index contributed by atoms with van der Waals surface area (Å²) in [4.78, 5) is 35.3. The van der Waals surface area contributed by atoms with Crippen molar-refractivity contribution >= 4 is 33.1 Å². The number of rotatable bonds is 5. The zero-order valence-electron chi connectivity index (χ0n) is 15.6. The number of nitrogens with zero attached hydrogens (tertiary/aromatic N) is 1. The van der Waals surface area contributed by atoms with Gasteiger partial charge in [-0.2, -0.15) is 0 Å². The summed E-state index contributed by atoms with van der Waals surface area (Å²) in [7, 11) is 1.87. The van der Waals surface area contributed by atoms with Gasteiger partial charge in [-0.1, -0.05) is 0 Å². The third kappa shape index (κ3) is 3.98. The van der Waals surface area contributed by atoms with Crippen molar-refractivity contribution in [3.8, 4) is 0 Å². The Kier molecular flexibility index (Phi) is 5.23. The fraction of sp³-hybridized carbons (Fsp3) is 0.350. The van der Waals surface area contributed by atoms with Gasteiger partial charge in [-0.05, 0) is 55.5 Å². The van der Waals surface area contributed by atoms with E-state index in [0.29, 0.717) is 18.1 Å². The molecule has 2 aromatic heterocycles. The Morgan fingerprint density at radius 2 is 2.04 bits per heavy atom.